The first kappa shape index (κ1) is 20.4. The van der Waals surface area contributed by atoms with Gasteiger partial charge in [-0.2, -0.15) is 0 Å². The van der Waals surface area contributed by atoms with E-state index >= 15 is 0 Å². The number of ether oxygens (including phenoxy) is 1. The van der Waals surface area contributed by atoms with Gasteiger partial charge in [-0.25, -0.2) is 4.79 Å². The molecule has 6 nitrogen and oxygen atoms in total. The van der Waals surface area contributed by atoms with E-state index in [0.717, 1.165) is 15.3 Å². The zero-order chi connectivity index (χ0) is 19.6. The highest BCUT2D eigenvalue weighted by atomic mass is 32.1. The Balaban J connectivity index is 1.79. The molecule has 2 aromatic rings. The number of carbonyl (C=O) groups is 3. The van der Waals surface area contributed by atoms with Crippen molar-refractivity contribution in [2.75, 3.05) is 13.2 Å². The number of carbonyl (C=O) groups excluding carboxylic acids is 3. The summed E-state index contributed by atoms with van der Waals surface area (Å²) in [6, 6.07) is 13.2. The molecule has 7 heteroatoms. The lowest BCUT2D eigenvalue weighted by Crippen LogP contribution is -2.46. The summed E-state index contributed by atoms with van der Waals surface area (Å²) in [6.07, 6.45) is 2.93. The molecule has 0 spiro atoms. The number of amides is 2. The van der Waals surface area contributed by atoms with E-state index in [2.05, 4.69) is 10.6 Å². The Bertz CT molecular complexity index is 814. The van der Waals surface area contributed by atoms with Gasteiger partial charge in [0.1, 0.15) is 6.04 Å². The van der Waals surface area contributed by atoms with Gasteiger partial charge < -0.3 is 15.4 Å². The second-order valence-corrected chi connectivity index (χ2v) is 6.81. The molecule has 0 saturated heterocycles. The average molecular weight is 386 g/mol. The fourth-order valence-electron chi connectivity index (χ4n) is 2.21. The lowest BCUT2D eigenvalue weighted by atomic mass is 10.2. The first-order chi connectivity index (χ1) is 13.0. The van der Waals surface area contributed by atoms with Crippen LogP contribution in [0.2, 0.25) is 0 Å². The Morgan fingerprint density at radius 2 is 1.89 bits per heavy atom. The molecule has 0 unspecified atom stereocenters. The van der Waals surface area contributed by atoms with Crippen LogP contribution < -0.4 is 10.6 Å². The van der Waals surface area contributed by atoms with Crippen LogP contribution in [0.25, 0.3) is 16.5 Å². The number of esters is 1. The molecule has 0 fully saturated rings. The van der Waals surface area contributed by atoms with E-state index in [1.54, 1.807) is 31.3 Å². The van der Waals surface area contributed by atoms with Gasteiger partial charge in [-0.1, -0.05) is 30.3 Å². The van der Waals surface area contributed by atoms with Crippen LogP contribution >= 0.6 is 11.3 Å². The summed E-state index contributed by atoms with van der Waals surface area (Å²) in [5.41, 5.74) is 1.11. The largest absolute Gasteiger partial charge is 0.452 e. The number of benzene rings is 1. The van der Waals surface area contributed by atoms with E-state index in [4.69, 9.17) is 4.74 Å². The van der Waals surface area contributed by atoms with Crippen molar-refractivity contribution in [2.24, 2.45) is 0 Å². The van der Waals surface area contributed by atoms with E-state index in [1.165, 1.54) is 6.08 Å². The summed E-state index contributed by atoms with van der Waals surface area (Å²) < 4.78 is 4.89. The van der Waals surface area contributed by atoms with E-state index < -0.39 is 24.5 Å². The van der Waals surface area contributed by atoms with Crippen molar-refractivity contribution >= 4 is 35.2 Å². The molecule has 1 aromatic heterocycles. The third-order valence-corrected chi connectivity index (χ3v) is 4.64. The van der Waals surface area contributed by atoms with Crippen LogP contribution in [0.5, 0.6) is 0 Å². The van der Waals surface area contributed by atoms with Gasteiger partial charge in [-0.15, -0.1) is 11.3 Å². The second-order valence-electron chi connectivity index (χ2n) is 5.69. The van der Waals surface area contributed by atoms with Gasteiger partial charge in [0.05, 0.1) is 0 Å². The highest BCUT2D eigenvalue weighted by Crippen LogP contribution is 2.28. The Morgan fingerprint density at radius 1 is 1.15 bits per heavy atom. The summed E-state index contributed by atoms with van der Waals surface area (Å²) >= 11 is 1.55. The van der Waals surface area contributed by atoms with Gasteiger partial charge in [0, 0.05) is 22.4 Å². The van der Waals surface area contributed by atoms with E-state index in [9.17, 15) is 14.4 Å². The highest BCUT2D eigenvalue weighted by molar-refractivity contribution is 7.16. The van der Waals surface area contributed by atoms with Crippen molar-refractivity contribution in [3.8, 4) is 10.4 Å². The standard InChI is InChI=1S/C20H22N2O4S/c1-3-21-20(25)14(2)22-18(23)13-26-19(24)12-10-16-9-11-17(27-16)15-7-5-4-6-8-15/h4-12,14H,3,13H2,1-2H3,(H,21,25)(H,22,23)/b12-10+/t14-/m1/s1. The molecule has 2 amide bonds. The van der Waals surface area contributed by atoms with Crippen LogP contribution in [-0.2, 0) is 19.1 Å². The quantitative estimate of drug-likeness (QED) is 0.540. The van der Waals surface area contributed by atoms with E-state index in [0.29, 0.717) is 6.54 Å². The first-order valence-electron chi connectivity index (χ1n) is 8.56. The minimum atomic E-state index is -0.686. The second kappa shape index (κ2) is 10.3. The normalized spacial score (nSPS) is 11.8. The summed E-state index contributed by atoms with van der Waals surface area (Å²) in [5, 5.41) is 5.06. The van der Waals surface area contributed by atoms with Gasteiger partial charge in [-0.05, 0) is 37.6 Å². The number of likely N-dealkylation sites (N-methyl/N-ethyl adjacent to an activating group) is 1. The van der Waals surface area contributed by atoms with Crippen molar-refractivity contribution < 1.29 is 19.1 Å². The van der Waals surface area contributed by atoms with Gasteiger partial charge in [0.15, 0.2) is 6.61 Å². The SMILES string of the molecule is CCNC(=O)[C@@H](C)NC(=O)COC(=O)/C=C/c1ccc(-c2ccccc2)s1. The first-order valence-corrected chi connectivity index (χ1v) is 9.38. The fourth-order valence-corrected chi connectivity index (χ4v) is 3.13. The molecule has 142 valence electrons. The van der Waals surface area contributed by atoms with Crippen molar-refractivity contribution in [2.45, 2.75) is 19.9 Å². The summed E-state index contributed by atoms with van der Waals surface area (Å²) in [4.78, 5) is 37.0. The van der Waals surface area contributed by atoms with Crippen LogP contribution in [0.4, 0.5) is 0 Å². The van der Waals surface area contributed by atoms with Crippen molar-refractivity contribution in [1.82, 2.24) is 10.6 Å². The van der Waals surface area contributed by atoms with Gasteiger partial charge >= 0.3 is 5.97 Å². The van der Waals surface area contributed by atoms with E-state index in [1.807, 2.05) is 42.5 Å². The molecule has 1 atom stereocenters. The third kappa shape index (κ3) is 6.71. The lowest BCUT2D eigenvalue weighted by Gasteiger charge is -2.12. The van der Waals surface area contributed by atoms with Crippen molar-refractivity contribution in [3.63, 3.8) is 0 Å². The number of thiophene rings is 1. The van der Waals surface area contributed by atoms with Gasteiger partial charge in [0.25, 0.3) is 5.91 Å². The maximum atomic E-state index is 11.8. The molecule has 2 rings (SSSR count). The third-order valence-electron chi connectivity index (χ3n) is 3.54. The molecule has 0 aliphatic carbocycles. The smallest absolute Gasteiger partial charge is 0.331 e. The highest BCUT2D eigenvalue weighted by Gasteiger charge is 2.15. The minimum absolute atomic E-state index is 0.288. The molecular formula is C20H22N2O4S. The maximum Gasteiger partial charge on any atom is 0.331 e. The van der Waals surface area contributed by atoms with Crippen molar-refractivity contribution in [1.29, 1.82) is 0 Å². The molecule has 1 heterocycles. The Labute approximate surface area is 162 Å². The molecule has 1 aromatic carbocycles. The molecule has 27 heavy (non-hydrogen) atoms. The Morgan fingerprint density at radius 3 is 2.59 bits per heavy atom. The Kier molecular flexibility index (Phi) is 7.76. The van der Waals surface area contributed by atoms with Crippen molar-refractivity contribution in [3.05, 3.63) is 53.4 Å². The molecule has 0 aliphatic heterocycles. The monoisotopic (exact) mass is 386 g/mol. The van der Waals surface area contributed by atoms with Gasteiger partial charge in [0.2, 0.25) is 5.91 Å². The van der Waals surface area contributed by atoms with Crippen LogP contribution in [0, 0.1) is 0 Å². The van der Waals surface area contributed by atoms with Crippen LogP contribution in [0.1, 0.15) is 18.7 Å². The molecule has 0 radical (unpaired) electrons. The summed E-state index contributed by atoms with van der Waals surface area (Å²) in [5.74, 6) is -1.44. The zero-order valence-electron chi connectivity index (χ0n) is 15.2. The van der Waals surface area contributed by atoms with Crippen LogP contribution in [0.15, 0.2) is 48.5 Å². The average Bonchev–Trinajstić information content (AvgIpc) is 3.14. The predicted molar refractivity (Wildman–Crippen MR) is 106 cm³/mol. The topological polar surface area (TPSA) is 84.5 Å². The maximum absolute atomic E-state index is 11.8. The molecule has 0 saturated carbocycles. The zero-order valence-corrected chi connectivity index (χ0v) is 16.0. The predicted octanol–water partition coefficient (Wildman–Crippen LogP) is 2.61. The summed E-state index contributed by atoms with van der Waals surface area (Å²) in [7, 11) is 0. The fraction of sp³-hybridized carbons (Fsp3) is 0.250. The van der Waals surface area contributed by atoms with Gasteiger partial charge in [-0.3, -0.25) is 9.59 Å². The summed E-state index contributed by atoms with van der Waals surface area (Å²) in [6.45, 7) is 3.39. The molecule has 0 aliphatic rings. The van der Waals surface area contributed by atoms with Crippen LogP contribution in [-0.4, -0.2) is 37.0 Å². The molecular weight excluding hydrogens is 364 g/mol. The minimum Gasteiger partial charge on any atom is -0.452 e. The number of rotatable bonds is 8. The van der Waals surface area contributed by atoms with Crippen LogP contribution in [0.3, 0.4) is 0 Å². The number of hydrogen-bond donors (Lipinski definition) is 2. The number of nitrogens with one attached hydrogen (secondary N) is 2. The molecule has 0 bridgehead atoms. The lowest BCUT2D eigenvalue weighted by molar-refractivity contribution is -0.144. The molecule has 2 N–H and O–H groups in total. The number of hydrogen-bond acceptors (Lipinski definition) is 5. The Hall–Kier alpha value is -2.93. The van der Waals surface area contributed by atoms with E-state index in [-0.39, 0.29) is 5.91 Å².